The van der Waals surface area contributed by atoms with Gasteiger partial charge in [-0.2, -0.15) is 0 Å². The second kappa shape index (κ2) is 5.27. The molecule has 0 saturated carbocycles. The van der Waals surface area contributed by atoms with Crippen molar-refractivity contribution in [3.8, 4) is 0 Å². The van der Waals surface area contributed by atoms with E-state index in [1.807, 2.05) is 19.1 Å². The molecule has 17 heavy (non-hydrogen) atoms. The number of carbonyl (C=O) groups excluding carboxylic acids is 1. The van der Waals surface area contributed by atoms with Gasteiger partial charge in [0.2, 0.25) is 5.91 Å². The summed E-state index contributed by atoms with van der Waals surface area (Å²) in [5.74, 6) is 0.502. The van der Waals surface area contributed by atoms with Gasteiger partial charge in [0.25, 0.3) is 0 Å². The molecule has 4 nitrogen and oxygen atoms in total. The molecule has 92 valence electrons. The summed E-state index contributed by atoms with van der Waals surface area (Å²) in [6, 6.07) is 3.82. The summed E-state index contributed by atoms with van der Waals surface area (Å²) in [4.78, 5) is 16.1. The first-order valence-electron chi connectivity index (χ1n) is 6.12. The van der Waals surface area contributed by atoms with Gasteiger partial charge in [-0.15, -0.1) is 0 Å². The highest BCUT2D eigenvalue weighted by molar-refractivity contribution is 5.82. The zero-order chi connectivity index (χ0) is 12.3. The van der Waals surface area contributed by atoms with Crippen molar-refractivity contribution in [3.63, 3.8) is 0 Å². The van der Waals surface area contributed by atoms with E-state index in [-0.39, 0.29) is 18.0 Å². The van der Waals surface area contributed by atoms with Gasteiger partial charge in [-0.1, -0.05) is 13.0 Å². The van der Waals surface area contributed by atoms with Crippen molar-refractivity contribution < 1.29 is 4.79 Å². The first-order valence-corrected chi connectivity index (χ1v) is 6.12. The number of amides is 1. The van der Waals surface area contributed by atoms with Gasteiger partial charge in [0.15, 0.2) is 0 Å². The van der Waals surface area contributed by atoms with Crippen LogP contribution in [0.25, 0.3) is 0 Å². The molecular formula is C13H19N3O. The van der Waals surface area contributed by atoms with Crippen molar-refractivity contribution in [3.05, 3.63) is 30.1 Å². The van der Waals surface area contributed by atoms with Crippen LogP contribution in [0.15, 0.2) is 24.5 Å². The fourth-order valence-corrected chi connectivity index (χ4v) is 2.20. The third kappa shape index (κ3) is 2.82. The molecule has 0 bridgehead atoms. The Hall–Kier alpha value is -1.42. The van der Waals surface area contributed by atoms with Gasteiger partial charge in [0, 0.05) is 12.4 Å². The van der Waals surface area contributed by atoms with E-state index >= 15 is 0 Å². The molecule has 0 spiro atoms. The van der Waals surface area contributed by atoms with Crippen molar-refractivity contribution in [2.24, 2.45) is 5.92 Å². The lowest BCUT2D eigenvalue weighted by atomic mass is 10.0. The van der Waals surface area contributed by atoms with Crippen molar-refractivity contribution in [1.29, 1.82) is 0 Å². The molecule has 1 aromatic rings. The second-order valence-corrected chi connectivity index (χ2v) is 4.71. The van der Waals surface area contributed by atoms with Crippen molar-refractivity contribution in [1.82, 2.24) is 15.6 Å². The Morgan fingerprint density at radius 3 is 3.06 bits per heavy atom. The Kier molecular flexibility index (Phi) is 3.74. The van der Waals surface area contributed by atoms with Crippen LogP contribution in [-0.4, -0.2) is 23.5 Å². The number of nitrogens with zero attached hydrogens (tertiary/aromatic N) is 1. The molecule has 1 amide bonds. The van der Waals surface area contributed by atoms with Gasteiger partial charge in [-0.05, 0) is 37.4 Å². The van der Waals surface area contributed by atoms with Crippen LogP contribution in [0.4, 0.5) is 0 Å². The Morgan fingerprint density at radius 1 is 1.65 bits per heavy atom. The van der Waals surface area contributed by atoms with Gasteiger partial charge in [-0.25, -0.2) is 0 Å². The molecule has 1 fully saturated rings. The Balaban J connectivity index is 1.95. The summed E-state index contributed by atoms with van der Waals surface area (Å²) in [6.07, 6.45) is 4.59. The van der Waals surface area contributed by atoms with E-state index in [4.69, 9.17) is 0 Å². The average molecular weight is 233 g/mol. The van der Waals surface area contributed by atoms with Crippen LogP contribution in [0, 0.1) is 5.92 Å². The van der Waals surface area contributed by atoms with Crippen molar-refractivity contribution >= 4 is 5.91 Å². The fraction of sp³-hybridized carbons (Fsp3) is 0.538. The zero-order valence-corrected chi connectivity index (χ0v) is 10.3. The van der Waals surface area contributed by atoms with Gasteiger partial charge >= 0.3 is 0 Å². The van der Waals surface area contributed by atoms with Gasteiger partial charge in [0.05, 0.1) is 12.1 Å². The molecule has 4 heteroatoms. The number of aromatic nitrogens is 1. The highest BCUT2D eigenvalue weighted by atomic mass is 16.2. The Labute approximate surface area is 102 Å². The standard InChI is InChI=1S/C13H19N3O/c1-9-5-7-15-12(9)13(17)16-10(2)11-4-3-6-14-8-11/h3-4,6,8-10,12,15H,5,7H2,1-2H3,(H,16,17)/t9?,10-,12?/m0/s1. The van der Waals surface area contributed by atoms with Crippen LogP contribution in [-0.2, 0) is 4.79 Å². The molecule has 1 saturated heterocycles. The van der Waals surface area contributed by atoms with Crippen LogP contribution in [0.5, 0.6) is 0 Å². The lowest BCUT2D eigenvalue weighted by molar-refractivity contribution is -0.124. The highest BCUT2D eigenvalue weighted by Crippen LogP contribution is 2.16. The molecule has 2 rings (SSSR count). The number of nitrogens with one attached hydrogen (secondary N) is 2. The molecule has 3 atom stereocenters. The van der Waals surface area contributed by atoms with Crippen LogP contribution in [0.2, 0.25) is 0 Å². The lowest BCUT2D eigenvalue weighted by Crippen LogP contribution is -2.44. The lowest BCUT2D eigenvalue weighted by Gasteiger charge is -2.19. The molecule has 2 heterocycles. The maximum absolute atomic E-state index is 12.0. The largest absolute Gasteiger partial charge is 0.348 e. The van der Waals surface area contributed by atoms with E-state index in [0.717, 1.165) is 18.5 Å². The van der Waals surface area contributed by atoms with Crippen LogP contribution in [0.3, 0.4) is 0 Å². The summed E-state index contributed by atoms with van der Waals surface area (Å²) in [6.45, 7) is 5.02. The molecular weight excluding hydrogens is 214 g/mol. The SMILES string of the molecule is CC1CCNC1C(=O)N[C@@H](C)c1cccnc1. The van der Waals surface area contributed by atoms with Crippen molar-refractivity contribution in [2.75, 3.05) is 6.54 Å². The maximum atomic E-state index is 12.0. The quantitative estimate of drug-likeness (QED) is 0.826. The average Bonchev–Trinajstić information content (AvgIpc) is 2.76. The van der Waals surface area contributed by atoms with Gasteiger partial charge < -0.3 is 10.6 Å². The fourth-order valence-electron chi connectivity index (χ4n) is 2.20. The summed E-state index contributed by atoms with van der Waals surface area (Å²) in [7, 11) is 0. The van der Waals surface area contributed by atoms with Crippen LogP contribution < -0.4 is 10.6 Å². The molecule has 1 aliphatic rings. The third-order valence-electron chi connectivity index (χ3n) is 3.36. The molecule has 2 N–H and O–H groups in total. The summed E-state index contributed by atoms with van der Waals surface area (Å²) in [5.41, 5.74) is 1.03. The van der Waals surface area contributed by atoms with E-state index in [9.17, 15) is 4.79 Å². The number of hydrogen-bond donors (Lipinski definition) is 2. The van der Waals surface area contributed by atoms with E-state index in [1.54, 1.807) is 12.4 Å². The summed E-state index contributed by atoms with van der Waals surface area (Å²) < 4.78 is 0. The second-order valence-electron chi connectivity index (χ2n) is 4.71. The Bertz CT molecular complexity index is 380. The number of carbonyl (C=O) groups is 1. The smallest absolute Gasteiger partial charge is 0.237 e. The van der Waals surface area contributed by atoms with Gasteiger partial charge in [0.1, 0.15) is 0 Å². The number of pyridine rings is 1. The monoisotopic (exact) mass is 233 g/mol. The Morgan fingerprint density at radius 2 is 2.47 bits per heavy atom. The topological polar surface area (TPSA) is 54.0 Å². The molecule has 1 aliphatic heterocycles. The minimum atomic E-state index is -0.0471. The first kappa shape index (κ1) is 12.0. The summed E-state index contributed by atoms with van der Waals surface area (Å²) in [5, 5.41) is 6.26. The third-order valence-corrected chi connectivity index (χ3v) is 3.36. The number of hydrogen-bond acceptors (Lipinski definition) is 3. The van der Waals surface area contributed by atoms with E-state index in [2.05, 4.69) is 22.5 Å². The molecule has 0 radical (unpaired) electrons. The summed E-state index contributed by atoms with van der Waals surface area (Å²) >= 11 is 0. The van der Waals surface area contributed by atoms with E-state index in [0.29, 0.717) is 5.92 Å². The van der Waals surface area contributed by atoms with Gasteiger partial charge in [-0.3, -0.25) is 9.78 Å². The van der Waals surface area contributed by atoms with Crippen LogP contribution >= 0.6 is 0 Å². The number of rotatable bonds is 3. The molecule has 0 aliphatic carbocycles. The molecule has 1 aromatic heterocycles. The van der Waals surface area contributed by atoms with E-state index < -0.39 is 0 Å². The molecule has 2 unspecified atom stereocenters. The zero-order valence-electron chi connectivity index (χ0n) is 10.3. The normalized spacial score (nSPS) is 25.5. The van der Waals surface area contributed by atoms with Crippen LogP contribution in [0.1, 0.15) is 31.9 Å². The minimum absolute atomic E-state index is 0.00537. The minimum Gasteiger partial charge on any atom is -0.348 e. The predicted octanol–water partition coefficient (Wildman–Crippen LogP) is 1.26. The first-order chi connectivity index (χ1) is 8.18. The van der Waals surface area contributed by atoms with E-state index in [1.165, 1.54) is 0 Å². The molecule has 0 aromatic carbocycles. The highest BCUT2D eigenvalue weighted by Gasteiger charge is 2.29. The van der Waals surface area contributed by atoms with Crippen molar-refractivity contribution in [2.45, 2.75) is 32.4 Å². The maximum Gasteiger partial charge on any atom is 0.237 e. The predicted molar refractivity (Wildman–Crippen MR) is 66.4 cm³/mol.